The Kier molecular flexibility index (Phi) is 2.56. The van der Waals surface area contributed by atoms with E-state index in [2.05, 4.69) is 19.9 Å². The van der Waals surface area contributed by atoms with Gasteiger partial charge in [-0.3, -0.25) is 0 Å². The summed E-state index contributed by atoms with van der Waals surface area (Å²) in [6, 6.07) is 3.75. The van der Waals surface area contributed by atoms with E-state index in [1.165, 1.54) is 6.33 Å². The van der Waals surface area contributed by atoms with Gasteiger partial charge in [0.1, 0.15) is 17.8 Å². The van der Waals surface area contributed by atoms with Gasteiger partial charge in [0.05, 0.1) is 12.5 Å². The Morgan fingerprint density at radius 3 is 2.74 bits per heavy atom. The molecule has 3 heterocycles. The molecule has 0 radical (unpaired) electrons. The molecule has 0 saturated heterocycles. The number of nitrogens with one attached hydrogen (secondary N) is 1. The maximum absolute atomic E-state index is 5.95. The van der Waals surface area contributed by atoms with Gasteiger partial charge >= 0.3 is 0 Å². The minimum Gasteiger partial charge on any atom is -0.481 e. The van der Waals surface area contributed by atoms with Crippen LogP contribution in [0.3, 0.4) is 0 Å². The summed E-state index contributed by atoms with van der Waals surface area (Å²) in [5.41, 5.74) is 9.59. The summed E-state index contributed by atoms with van der Waals surface area (Å²) >= 11 is 0. The van der Waals surface area contributed by atoms with E-state index in [0.717, 1.165) is 27.9 Å². The zero-order valence-electron chi connectivity index (χ0n) is 10.6. The first-order valence-corrected chi connectivity index (χ1v) is 5.80. The number of rotatable bonds is 2. The summed E-state index contributed by atoms with van der Waals surface area (Å²) in [6.45, 7) is 1.97. The second-order valence-electron chi connectivity index (χ2n) is 4.20. The molecule has 0 spiro atoms. The third-order valence-corrected chi connectivity index (χ3v) is 3.04. The van der Waals surface area contributed by atoms with E-state index >= 15 is 0 Å². The van der Waals surface area contributed by atoms with Crippen LogP contribution in [0.4, 0.5) is 5.82 Å². The van der Waals surface area contributed by atoms with Crippen molar-refractivity contribution in [3.8, 4) is 17.0 Å². The number of pyridine rings is 1. The van der Waals surface area contributed by atoms with Gasteiger partial charge in [0.25, 0.3) is 0 Å². The van der Waals surface area contributed by atoms with Crippen LogP contribution in [0.1, 0.15) is 5.69 Å². The molecule has 0 aliphatic rings. The molecule has 3 aromatic heterocycles. The number of nitrogens with zero attached hydrogens (tertiary/aromatic N) is 3. The normalized spacial score (nSPS) is 10.8. The zero-order chi connectivity index (χ0) is 13.4. The molecule has 0 aliphatic carbocycles. The number of nitrogens with two attached hydrogens (primary N) is 1. The van der Waals surface area contributed by atoms with Crippen molar-refractivity contribution in [1.29, 1.82) is 0 Å². The Morgan fingerprint density at radius 2 is 2.05 bits per heavy atom. The van der Waals surface area contributed by atoms with Crippen LogP contribution in [0.25, 0.3) is 22.2 Å². The lowest BCUT2D eigenvalue weighted by atomic mass is 10.1. The van der Waals surface area contributed by atoms with Gasteiger partial charge in [0.2, 0.25) is 5.88 Å². The zero-order valence-corrected chi connectivity index (χ0v) is 10.6. The topological polar surface area (TPSA) is 89.7 Å². The van der Waals surface area contributed by atoms with Crippen LogP contribution in [0.15, 0.2) is 24.7 Å². The number of nitrogen functional groups attached to an aromatic ring is 1. The number of aromatic nitrogens is 4. The second kappa shape index (κ2) is 4.24. The largest absolute Gasteiger partial charge is 0.481 e. The number of hydrogen-bond donors (Lipinski definition) is 2. The minimum atomic E-state index is 0.458. The lowest BCUT2D eigenvalue weighted by Crippen LogP contribution is -1.93. The van der Waals surface area contributed by atoms with Crippen molar-refractivity contribution in [2.24, 2.45) is 0 Å². The van der Waals surface area contributed by atoms with Gasteiger partial charge in [-0.15, -0.1) is 0 Å². The highest BCUT2D eigenvalue weighted by Crippen LogP contribution is 2.33. The summed E-state index contributed by atoms with van der Waals surface area (Å²) in [6.07, 6.45) is 3.20. The number of fused-ring (bicyclic) bond motifs is 1. The molecule has 0 atom stereocenters. The lowest BCUT2D eigenvalue weighted by molar-refractivity contribution is 0.398. The molecule has 3 rings (SSSR count). The van der Waals surface area contributed by atoms with E-state index in [1.807, 2.05) is 19.1 Å². The first-order valence-electron chi connectivity index (χ1n) is 5.80. The number of methoxy groups -OCH3 is 1. The Morgan fingerprint density at radius 1 is 1.21 bits per heavy atom. The Hall–Kier alpha value is -2.63. The smallest absolute Gasteiger partial charge is 0.212 e. The molecule has 19 heavy (non-hydrogen) atoms. The number of aryl methyl sites for hydroxylation is 1. The van der Waals surface area contributed by atoms with Gasteiger partial charge in [-0.2, -0.15) is 0 Å². The maximum atomic E-state index is 5.95. The van der Waals surface area contributed by atoms with Crippen molar-refractivity contribution >= 4 is 16.9 Å². The van der Waals surface area contributed by atoms with E-state index in [9.17, 15) is 0 Å². The van der Waals surface area contributed by atoms with Gasteiger partial charge in [0.15, 0.2) is 0 Å². The second-order valence-corrected chi connectivity index (χ2v) is 4.20. The molecular weight excluding hydrogens is 242 g/mol. The number of anilines is 1. The van der Waals surface area contributed by atoms with Crippen molar-refractivity contribution in [3.05, 3.63) is 30.4 Å². The van der Waals surface area contributed by atoms with Gasteiger partial charge in [0, 0.05) is 29.1 Å². The van der Waals surface area contributed by atoms with Crippen LogP contribution in [-0.4, -0.2) is 27.0 Å². The number of aromatic amines is 1. The fraction of sp³-hybridized carbons (Fsp3) is 0.154. The van der Waals surface area contributed by atoms with Crippen LogP contribution in [-0.2, 0) is 0 Å². The highest BCUT2D eigenvalue weighted by Gasteiger charge is 2.14. The summed E-state index contributed by atoms with van der Waals surface area (Å²) < 4.78 is 5.06. The summed E-state index contributed by atoms with van der Waals surface area (Å²) in [7, 11) is 1.59. The molecule has 96 valence electrons. The average Bonchev–Trinajstić information content (AvgIpc) is 2.76. The predicted octanol–water partition coefficient (Wildman–Crippen LogP) is 1.92. The van der Waals surface area contributed by atoms with Crippen LogP contribution < -0.4 is 10.5 Å². The highest BCUT2D eigenvalue weighted by molar-refractivity contribution is 6.01. The number of hydrogen-bond acceptors (Lipinski definition) is 5. The fourth-order valence-electron chi connectivity index (χ4n) is 2.18. The highest BCUT2D eigenvalue weighted by atomic mass is 16.5. The van der Waals surface area contributed by atoms with Gasteiger partial charge in [-0.25, -0.2) is 15.0 Å². The third kappa shape index (κ3) is 1.77. The maximum Gasteiger partial charge on any atom is 0.212 e. The van der Waals surface area contributed by atoms with Crippen LogP contribution >= 0.6 is 0 Å². The van der Waals surface area contributed by atoms with E-state index in [-0.39, 0.29) is 0 Å². The number of ether oxygens (including phenoxy) is 1. The standard InChI is InChI=1S/C13H13N5O/c1-7-10(8-3-4-9(19-2)15-5-8)11-12(14)16-6-17-13(11)18-7/h3-6H,1-2H3,(H3,14,16,17,18). The monoisotopic (exact) mass is 255 g/mol. The molecule has 0 bridgehead atoms. The van der Waals surface area contributed by atoms with Crippen LogP contribution in [0.2, 0.25) is 0 Å². The van der Waals surface area contributed by atoms with Crippen molar-refractivity contribution < 1.29 is 4.74 Å². The molecule has 0 aliphatic heterocycles. The molecular formula is C13H13N5O. The lowest BCUT2D eigenvalue weighted by Gasteiger charge is -2.04. The fourth-order valence-corrected chi connectivity index (χ4v) is 2.18. The van der Waals surface area contributed by atoms with Crippen LogP contribution in [0.5, 0.6) is 5.88 Å². The first kappa shape index (κ1) is 11.5. The molecule has 0 saturated carbocycles. The molecule has 0 amide bonds. The molecule has 6 nitrogen and oxygen atoms in total. The minimum absolute atomic E-state index is 0.458. The predicted molar refractivity (Wildman–Crippen MR) is 72.8 cm³/mol. The number of H-pyrrole nitrogens is 1. The molecule has 0 unspecified atom stereocenters. The molecule has 0 fully saturated rings. The van der Waals surface area contributed by atoms with Gasteiger partial charge in [-0.1, -0.05) is 0 Å². The van der Waals surface area contributed by atoms with E-state index in [0.29, 0.717) is 11.7 Å². The molecule has 3 N–H and O–H groups in total. The van der Waals surface area contributed by atoms with E-state index in [1.54, 1.807) is 13.3 Å². The molecule has 3 aromatic rings. The SMILES string of the molecule is COc1ccc(-c2c(C)[nH]c3ncnc(N)c23)cn1. The van der Waals surface area contributed by atoms with Crippen LogP contribution in [0, 0.1) is 6.92 Å². The summed E-state index contributed by atoms with van der Waals surface area (Å²) in [4.78, 5) is 15.7. The Labute approximate surface area is 109 Å². The van der Waals surface area contributed by atoms with Crippen molar-refractivity contribution in [2.75, 3.05) is 12.8 Å². The van der Waals surface area contributed by atoms with Gasteiger partial charge in [-0.05, 0) is 13.0 Å². The van der Waals surface area contributed by atoms with Crippen molar-refractivity contribution in [1.82, 2.24) is 19.9 Å². The summed E-state index contributed by atoms with van der Waals surface area (Å²) in [5.74, 6) is 1.03. The molecule has 6 heteroatoms. The van der Waals surface area contributed by atoms with Crippen molar-refractivity contribution in [2.45, 2.75) is 6.92 Å². The van der Waals surface area contributed by atoms with Gasteiger partial charge < -0.3 is 15.5 Å². The van der Waals surface area contributed by atoms with E-state index in [4.69, 9.17) is 10.5 Å². The average molecular weight is 255 g/mol. The quantitative estimate of drug-likeness (QED) is 0.730. The Balaban J connectivity index is 2.26. The van der Waals surface area contributed by atoms with Crippen molar-refractivity contribution in [3.63, 3.8) is 0 Å². The summed E-state index contributed by atoms with van der Waals surface area (Å²) in [5, 5.41) is 0.826. The Bertz CT molecular complexity index is 733. The first-order chi connectivity index (χ1) is 9.20. The van der Waals surface area contributed by atoms with E-state index < -0.39 is 0 Å². The third-order valence-electron chi connectivity index (χ3n) is 3.04. The molecule has 0 aromatic carbocycles.